The number of rotatable bonds is 1. The summed E-state index contributed by atoms with van der Waals surface area (Å²) in [6.07, 6.45) is 0.660. The summed E-state index contributed by atoms with van der Waals surface area (Å²) >= 11 is 0. The normalized spacial score (nSPS) is 10.9. The van der Waals surface area contributed by atoms with Crippen LogP contribution in [-0.2, 0) is 6.42 Å². The molecule has 78 valence electrons. The van der Waals surface area contributed by atoms with Gasteiger partial charge in [-0.2, -0.15) is 0 Å². The molecule has 0 bridgehead atoms. The molecule has 0 fully saturated rings. The van der Waals surface area contributed by atoms with E-state index in [0.29, 0.717) is 17.3 Å². The van der Waals surface area contributed by atoms with E-state index in [0.717, 1.165) is 11.3 Å². The van der Waals surface area contributed by atoms with E-state index < -0.39 is 0 Å². The minimum atomic E-state index is -0.379. The van der Waals surface area contributed by atoms with Crippen molar-refractivity contribution >= 4 is 10.9 Å². The third-order valence-electron chi connectivity index (χ3n) is 2.65. The Hall–Kier alpha value is -1.64. The fourth-order valence-corrected chi connectivity index (χ4v) is 1.86. The topological polar surface area (TPSA) is 32.9 Å². The molecule has 15 heavy (non-hydrogen) atoms. The molecule has 0 aliphatic rings. The Labute approximate surface area is 86.8 Å². The molecule has 1 heterocycles. The van der Waals surface area contributed by atoms with E-state index in [1.54, 1.807) is 19.1 Å². The Kier molecular flexibility index (Phi) is 2.31. The Morgan fingerprint density at radius 3 is 2.80 bits per heavy atom. The lowest BCUT2D eigenvalue weighted by molar-refractivity contribution is 0.636. The van der Waals surface area contributed by atoms with Crippen molar-refractivity contribution in [2.75, 3.05) is 0 Å². The highest BCUT2D eigenvalue weighted by Gasteiger charge is 2.09. The standard InChI is InChI=1S/C12H12FNO/c1-3-8-7(2)14-11-9(12(8)15)5-4-6-10(11)13/h4-6H,3H2,1-2H3,(H,14,15). The molecule has 0 saturated heterocycles. The van der Waals surface area contributed by atoms with Crippen LogP contribution in [0.15, 0.2) is 23.0 Å². The average molecular weight is 205 g/mol. The molecule has 1 aromatic heterocycles. The maximum atomic E-state index is 13.4. The molecule has 0 aliphatic carbocycles. The molecule has 0 unspecified atom stereocenters. The molecule has 2 aromatic rings. The smallest absolute Gasteiger partial charge is 0.192 e. The molecule has 1 N–H and O–H groups in total. The lowest BCUT2D eigenvalue weighted by atomic mass is 10.1. The second-order valence-corrected chi connectivity index (χ2v) is 3.57. The van der Waals surface area contributed by atoms with Crippen molar-refractivity contribution in [3.8, 4) is 0 Å². The van der Waals surface area contributed by atoms with E-state index in [4.69, 9.17) is 0 Å². The van der Waals surface area contributed by atoms with Gasteiger partial charge in [-0.1, -0.05) is 13.0 Å². The zero-order valence-corrected chi connectivity index (χ0v) is 8.73. The van der Waals surface area contributed by atoms with Crippen LogP contribution in [0.4, 0.5) is 4.39 Å². The molecule has 0 spiro atoms. The van der Waals surface area contributed by atoms with Gasteiger partial charge in [0.2, 0.25) is 0 Å². The molecular weight excluding hydrogens is 193 g/mol. The quantitative estimate of drug-likeness (QED) is 0.762. The summed E-state index contributed by atoms with van der Waals surface area (Å²) in [6, 6.07) is 4.56. The van der Waals surface area contributed by atoms with Crippen LogP contribution in [0.2, 0.25) is 0 Å². The van der Waals surface area contributed by atoms with Gasteiger partial charge in [0.15, 0.2) is 5.43 Å². The molecule has 0 atom stereocenters. The molecule has 2 rings (SSSR count). The summed E-state index contributed by atoms with van der Waals surface area (Å²) in [7, 11) is 0. The zero-order valence-electron chi connectivity index (χ0n) is 8.73. The van der Waals surface area contributed by atoms with E-state index >= 15 is 0 Å². The van der Waals surface area contributed by atoms with Gasteiger partial charge in [-0.15, -0.1) is 0 Å². The van der Waals surface area contributed by atoms with Crippen LogP contribution in [0.5, 0.6) is 0 Å². The van der Waals surface area contributed by atoms with Gasteiger partial charge in [-0.3, -0.25) is 4.79 Å². The van der Waals surface area contributed by atoms with Crippen molar-refractivity contribution in [1.29, 1.82) is 0 Å². The fourth-order valence-electron chi connectivity index (χ4n) is 1.86. The molecule has 0 amide bonds. The third kappa shape index (κ3) is 1.44. The first-order chi connectivity index (χ1) is 7.15. The number of pyridine rings is 1. The lowest BCUT2D eigenvalue weighted by Crippen LogP contribution is -2.12. The monoisotopic (exact) mass is 205 g/mol. The summed E-state index contributed by atoms with van der Waals surface area (Å²) < 4.78 is 13.4. The lowest BCUT2D eigenvalue weighted by Gasteiger charge is -2.06. The van der Waals surface area contributed by atoms with Crippen LogP contribution in [0.1, 0.15) is 18.2 Å². The fraction of sp³-hybridized carbons (Fsp3) is 0.250. The van der Waals surface area contributed by atoms with Gasteiger partial charge < -0.3 is 4.98 Å². The van der Waals surface area contributed by atoms with Crippen molar-refractivity contribution in [2.45, 2.75) is 20.3 Å². The Morgan fingerprint density at radius 2 is 2.13 bits per heavy atom. The maximum Gasteiger partial charge on any atom is 0.192 e. The number of aryl methyl sites for hydroxylation is 1. The number of halogens is 1. The summed E-state index contributed by atoms with van der Waals surface area (Å²) in [5.74, 6) is -0.379. The average Bonchev–Trinajstić information content (AvgIpc) is 2.20. The minimum absolute atomic E-state index is 0.0664. The SMILES string of the molecule is CCc1c(C)[nH]c2c(F)cccc2c1=O. The van der Waals surface area contributed by atoms with E-state index in [-0.39, 0.29) is 11.2 Å². The van der Waals surface area contributed by atoms with Crippen molar-refractivity contribution in [3.05, 3.63) is 45.5 Å². The van der Waals surface area contributed by atoms with Crippen molar-refractivity contribution in [1.82, 2.24) is 4.98 Å². The maximum absolute atomic E-state index is 13.4. The number of hydrogen-bond acceptors (Lipinski definition) is 1. The second-order valence-electron chi connectivity index (χ2n) is 3.57. The van der Waals surface area contributed by atoms with Crippen LogP contribution in [-0.4, -0.2) is 4.98 Å². The number of H-pyrrole nitrogens is 1. The number of benzene rings is 1. The summed E-state index contributed by atoms with van der Waals surface area (Å²) in [5, 5.41) is 0.428. The van der Waals surface area contributed by atoms with Crippen LogP contribution in [0.3, 0.4) is 0 Å². The highest BCUT2D eigenvalue weighted by Crippen LogP contribution is 2.14. The Bertz CT molecular complexity index is 572. The predicted octanol–water partition coefficient (Wildman–Crippen LogP) is 2.54. The molecule has 0 saturated carbocycles. The van der Waals surface area contributed by atoms with Crippen LogP contribution in [0, 0.1) is 12.7 Å². The van der Waals surface area contributed by atoms with Gasteiger partial charge in [0.05, 0.1) is 5.52 Å². The van der Waals surface area contributed by atoms with Crippen LogP contribution in [0.25, 0.3) is 10.9 Å². The van der Waals surface area contributed by atoms with E-state index in [9.17, 15) is 9.18 Å². The minimum Gasteiger partial charge on any atom is -0.356 e. The first kappa shape index (κ1) is 9.90. The Balaban J connectivity index is 2.98. The molecular formula is C12H12FNO. The number of aromatic amines is 1. The van der Waals surface area contributed by atoms with Gasteiger partial charge in [-0.05, 0) is 25.5 Å². The van der Waals surface area contributed by atoms with E-state index in [1.807, 2.05) is 6.92 Å². The highest BCUT2D eigenvalue weighted by atomic mass is 19.1. The van der Waals surface area contributed by atoms with Gasteiger partial charge in [0.1, 0.15) is 5.82 Å². The number of nitrogens with one attached hydrogen (secondary N) is 1. The first-order valence-corrected chi connectivity index (χ1v) is 4.95. The van der Waals surface area contributed by atoms with Crippen molar-refractivity contribution in [2.24, 2.45) is 0 Å². The number of fused-ring (bicyclic) bond motifs is 1. The third-order valence-corrected chi connectivity index (χ3v) is 2.65. The number of para-hydroxylation sites is 1. The molecule has 3 heteroatoms. The van der Waals surface area contributed by atoms with Crippen LogP contribution < -0.4 is 5.43 Å². The summed E-state index contributed by atoms with van der Waals surface area (Å²) in [6.45, 7) is 3.72. The number of hydrogen-bond donors (Lipinski definition) is 1. The summed E-state index contributed by atoms with van der Waals surface area (Å²) in [5.41, 5.74) is 1.72. The molecule has 0 aliphatic heterocycles. The number of aromatic nitrogens is 1. The predicted molar refractivity (Wildman–Crippen MR) is 58.6 cm³/mol. The highest BCUT2D eigenvalue weighted by molar-refractivity contribution is 5.79. The second kappa shape index (κ2) is 3.50. The van der Waals surface area contributed by atoms with Gasteiger partial charge in [0.25, 0.3) is 0 Å². The largest absolute Gasteiger partial charge is 0.356 e. The van der Waals surface area contributed by atoms with Gasteiger partial charge in [-0.25, -0.2) is 4.39 Å². The zero-order chi connectivity index (χ0) is 11.0. The molecule has 0 radical (unpaired) electrons. The van der Waals surface area contributed by atoms with Gasteiger partial charge >= 0.3 is 0 Å². The Morgan fingerprint density at radius 1 is 1.40 bits per heavy atom. The molecule has 2 nitrogen and oxygen atoms in total. The van der Waals surface area contributed by atoms with Crippen molar-refractivity contribution in [3.63, 3.8) is 0 Å². The first-order valence-electron chi connectivity index (χ1n) is 4.95. The van der Waals surface area contributed by atoms with E-state index in [1.165, 1.54) is 6.07 Å². The summed E-state index contributed by atoms with van der Waals surface area (Å²) in [4.78, 5) is 14.9. The van der Waals surface area contributed by atoms with Crippen LogP contribution >= 0.6 is 0 Å². The van der Waals surface area contributed by atoms with Crippen molar-refractivity contribution < 1.29 is 4.39 Å². The molecule has 1 aromatic carbocycles. The van der Waals surface area contributed by atoms with Gasteiger partial charge in [0, 0.05) is 16.6 Å². The van der Waals surface area contributed by atoms with E-state index in [2.05, 4.69) is 4.98 Å².